The number of rotatable bonds is 6. The van der Waals surface area contributed by atoms with Gasteiger partial charge in [-0.2, -0.15) is 0 Å². The number of benzene rings is 4. The zero-order valence-electron chi connectivity index (χ0n) is 15.7. The van der Waals surface area contributed by atoms with E-state index in [1.807, 2.05) is 54.6 Å². The molecule has 2 atom stereocenters. The number of fused-ring (bicyclic) bond motifs is 1. The molecule has 0 bridgehead atoms. The quantitative estimate of drug-likeness (QED) is 0.308. The molecule has 0 aliphatic rings. The van der Waals surface area contributed by atoms with Crippen LogP contribution in [0.4, 0.5) is 5.69 Å². The summed E-state index contributed by atoms with van der Waals surface area (Å²) in [7, 11) is 0. The Hall–Kier alpha value is -2.33. The summed E-state index contributed by atoms with van der Waals surface area (Å²) in [4.78, 5) is 0. The third kappa shape index (κ3) is 4.99. The van der Waals surface area contributed by atoms with E-state index in [1.165, 1.54) is 5.39 Å². The summed E-state index contributed by atoms with van der Waals surface area (Å²) >= 11 is 9.52. The number of hydrogen-bond acceptors (Lipinski definition) is 2. The molecule has 2 N–H and O–H groups in total. The lowest BCUT2D eigenvalue weighted by molar-refractivity contribution is 0.161. The van der Waals surface area contributed by atoms with Crippen LogP contribution in [0.25, 0.3) is 10.8 Å². The van der Waals surface area contributed by atoms with Crippen LogP contribution < -0.4 is 5.32 Å². The maximum atomic E-state index is 11.0. The third-order valence-corrected chi connectivity index (χ3v) is 5.86. The van der Waals surface area contributed by atoms with Crippen LogP contribution >= 0.6 is 27.5 Å². The molecule has 0 aromatic heterocycles. The fourth-order valence-corrected chi connectivity index (χ4v) is 3.89. The van der Waals surface area contributed by atoms with Crippen molar-refractivity contribution >= 4 is 44.0 Å². The Balaban J connectivity index is 1.60. The average molecular weight is 467 g/mol. The Bertz CT molecular complexity index is 1100. The summed E-state index contributed by atoms with van der Waals surface area (Å²) < 4.78 is 1.03. The highest BCUT2D eigenvalue weighted by molar-refractivity contribution is 9.10. The van der Waals surface area contributed by atoms with Crippen molar-refractivity contribution < 1.29 is 5.11 Å². The van der Waals surface area contributed by atoms with Crippen molar-refractivity contribution in [2.75, 3.05) is 5.32 Å². The maximum absolute atomic E-state index is 11.0. The van der Waals surface area contributed by atoms with Crippen LogP contribution in [0.15, 0.2) is 95.5 Å². The number of halogens is 2. The molecule has 29 heavy (non-hydrogen) atoms. The van der Waals surface area contributed by atoms with Crippen molar-refractivity contribution in [2.24, 2.45) is 0 Å². The van der Waals surface area contributed by atoms with Crippen molar-refractivity contribution in [1.29, 1.82) is 0 Å². The summed E-state index contributed by atoms with van der Waals surface area (Å²) in [6, 6.07) is 30.1. The second kappa shape index (κ2) is 9.00. The van der Waals surface area contributed by atoms with E-state index < -0.39 is 6.10 Å². The SMILES string of the molecule is OC(CC(Nc1ccc(Cl)cc1)c1ccc(Br)cc1)c1ccc2ccccc2c1. The molecule has 4 heteroatoms. The van der Waals surface area contributed by atoms with Gasteiger partial charge in [-0.25, -0.2) is 0 Å². The van der Waals surface area contributed by atoms with E-state index in [-0.39, 0.29) is 6.04 Å². The van der Waals surface area contributed by atoms with Crippen molar-refractivity contribution in [3.63, 3.8) is 0 Å². The van der Waals surface area contributed by atoms with Gasteiger partial charge in [0, 0.05) is 21.6 Å². The van der Waals surface area contributed by atoms with Gasteiger partial charge in [0.2, 0.25) is 0 Å². The molecule has 4 rings (SSSR count). The Morgan fingerprint density at radius 3 is 2.17 bits per heavy atom. The van der Waals surface area contributed by atoms with E-state index in [2.05, 4.69) is 57.6 Å². The molecule has 0 aliphatic carbocycles. The van der Waals surface area contributed by atoms with Gasteiger partial charge in [0.05, 0.1) is 12.1 Å². The molecule has 0 aliphatic heterocycles. The van der Waals surface area contributed by atoms with Crippen molar-refractivity contribution in [2.45, 2.75) is 18.6 Å². The van der Waals surface area contributed by atoms with Crippen molar-refractivity contribution in [3.8, 4) is 0 Å². The highest BCUT2D eigenvalue weighted by Gasteiger charge is 2.18. The smallest absolute Gasteiger partial charge is 0.0813 e. The first-order valence-corrected chi connectivity index (χ1v) is 10.7. The summed E-state index contributed by atoms with van der Waals surface area (Å²) in [5.41, 5.74) is 3.00. The number of nitrogens with one attached hydrogen (secondary N) is 1. The van der Waals surface area contributed by atoms with Gasteiger partial charge in [0.1, 0.15) is 0 Å². The number of aliphatic hydroxyl groups is 1. The zero-order chi connectivity index (χ0) is 20.2. The van der Waals surface area contributed by atoms with Gasteiger partial charge in [-0.05, 0) is 64.4 Å². The first-order chi connectivity index (χ1) is 14.1. The van der Waals surface area contributed by atoms with Crippen LogP contribution in [0, 0.1) is 0 Å². The third-order valence-electron chi connectivity index (χ3n) is 5.07. The summed E-state index contributed by atoms with van der Waals surface area (Å²) in [6.07, 6.45) is -0.0455. The van der Waals surface area contributed by atoms with Crippen LogP contribution in [-0.4, -0.2) is 5.11 Å². The lowest BCUT2D eigenvalue weighted by atomic mass is 9.95. The maximum Gasteiger partial charge on any atom is 0.0813 e. The highest BCUT2D eigenvalue weighted by atomic mass is 79.9. The summed E-state index contributed by atoms with van der Waals surface area (Å²) in [5, 5.41) is 17.6. The van der Waals surface area contributed by atoms with Gasteiger partial charge in [0.25, 0.3) is 0 Å². The number of hydrogen-bond donors (Lipinski definition) is 2. The molecule has 0 heterocycles. The molecule has 4 aromatic carbocycles. The Morgan fingerprint density at radius 1 is 0.793 bits per heavy atom. The van der Waals surface area contributed by atoms with Crippen molar-refractivity contribution in [1.82, 2.24) is 0 Å². The second-order valence-electron chi connectivity index (χ2n) is 7.11. The van der Waals surface area contributed by atoms with E-state index >= 15 is 0 Å². The van der Waals surface area contributed by atoms with Gasteiger partial charge in [0.15, 0.2) is 0 Å². The van der Waals surface area contributed by atoms with Gasteiger partial charge < -0.3 is 10.4 Å². The first-order valence-electron chi connectivity index (χ1n) is 9.53. The summed E-state index contributed by atoms with van der Waals surface area (Å²) in [5.74, 6) is 0. The molecule has 0 fully saturated rings. The fraction of sp³-hybridized carbons (Fsp3) is 0.120. The van der Waals surface area contributed by atoms with E-state index in [4.69, 9.17) is 11.6 Å². The van der Waals surface area contributed by atoms with Crippen LogP contribution in [-0.2, 0) is 0 Å². The monoisotopic (exact) mass is 465 g/mol. The number of aliphatic hydroxyl groups excluding tert-OH is 1. The predicted molar refractivity (Wildman–Crippen MR) is 125 cm³/mol. The molecule has 146 valence electrons. The topological polar surface area (TPSA) is 32.3 Å². The second-order valence-corrected chi connectivity index (χ2v) is 8.47. The molecular weight excluding hydrogens is 446 g/mol. The minimum atomic E-state index is -0.590. The van der Waals surface area contributed by atoms with Gasteiger partial charge in [-0.3, -0.25) is 0 Å². The van der Waals surface area contributed by atoms with E-state index in [9.17, 15) is 5.11 Å². The minimum absolute atomic E-state index is 0.0502. The molecule has 0 radical (unpaired) electrons. The van der Waals surface area contributed by atoms with Gasteiger partial charge in [-0.1, -0.05) is 76.1 Å². The Labute approximate surface area is 184 Å². The molecule has 2 unspecified atom stereocenters. The lowest BCUT2D eigenvalue weighted by Gasteiger charge is -2.24. The predicted octanol–water partition coefficient (Wildman–Crippen LogP) is 7.53. The standard InChI is InChI=1S/C25H21BrClNO/c26-21-9-7-18(8-10-21)24(28-23-13-11-22(27)12-14-23)16-25(29)20-6-5-17-3-1-2-4-19(17)15-20/h1-15,24-25,28-29H,16H2. The van der Waals surface area contributed by atoms with Crippen LogP contribution in [0.1, 0.15) is 29.7 Å². The lowest BCUT2D eigenvalue weighted by Crippen LogP contribution is -2.15. The van der Waals surface area contributed by atoms with Gasteiger partial charge >= 0.3 is 0 Å². The molecule has 2 nitrogen and oxygen atoms in total. The fourth-order valence-electron chi connectivity index (χ4n) is 3.50. The molecule has 0 amide bonds. The molecule has 4 aromatic rings. The summed E-state index contributed by atoms with van der Waals surface area (Å²) in [6.45, 7) is 0. The Kier molecular flexibility index (Phi) is 6.19. The molecule has 0 spiro atoms. The molecular formula is C25H21BrClNO. The average Bonchev–Trinajstić information content (AvgIpc) is 2.75. The molecule has 0 saturated carbocycles. The van der Waals surface area contributed by atoms with E-state index in [1.54, 1.807) is 0 Å². The zero-order valence-corrected chi connectivity index (χ0v) is 18.1. The van der Waals surface area contributed by atoms with Crippen molar-refractivity contribution in [3.05, 3.63) is 112 Å². The highest BCUT2D eigenvalue weighted by Crippen LogP contribution is 2.32. The normalized spacial score (nSPS) is 13.2. The van der Waals surface area contributed by atoms with E-state index in [0.29, 0.717) is 11.4 Å². The van der Waals surface area contributed by atoms with Gasteiger partial charge in [-0.15, -0.1) is 0 Å². The minimum Gasteiger partial charge on any atom is -0.388 e. The largest absolute Gasteiger partial charge is 0.388 e. The Morgan fingerprint density at radius 2 is 1.45 bits per heavy atom. The van der Waals surface area contributed by atoms with E-state index in [0.717, 1.165) is 26.7 Å². The number of anilines is 1. The molecule has 0 saturated heterocycles. The van der Waals surface area contributed by atoms with Crippen LogP contribution in [0.5, 0.6) is 0 Å². The van der Waals surface area contributed by atoms with Crippen LogP contribution in [0.3, 0.4) is 0 Å². The van der Waals surface area contributed by atoms with Crippen LogP contribution in [0.2, 0.25) is 5.02 Å². The first kappa shape index (κ1) is 20.0.